The Labute approximate surface area is 136 Å². The van der Waals surface area contributed by atoms with Crippen LogP contribution in [0, 0.1) is 13.8 Å². The number of aryl methyl sites for hydroxylation is 2. The van der Waals surface area contributed by atoms with Gasteiger partial charge < -0.3 is 10.6 Å². The summed E-state index contributed by atoms with van der Waals surface area (Å²) in [6, 6.07) is 13.1. The summed E-state index contributed by atoms with van der Waals surface area (Å²) in [6.07, 6.45) is 1.22. The van der Waals surface area contributed by atoms with Crippen LogP contribution in [0.5, 0.6) is 0 Å². The van der Waals surface area contributed by atoms with Crippen molar-refractivity contribution in [2.45, 2.75) is 20.4 Å². The van der Waals surface area contributed by atoms with E-state index in [0.717, 1.165) is 22.3 Å². The van der Waals surface area contributed by atoms with Crippen LogP contribution in [0.15, 0.2) is 55.1 Å². The number of rotatable bonds is 5. The molecular formula is C19H20N2O2. The third kappa shape index (κ3) is 4.30. The molecule has 0 aliphatic heterocycles. The first kappa shape index (κ1) is 16.5. The Morgan fingerprint density at radius 3 is 2.22 bits per heavy atom. The Hall–Kier alpha value is -2.88. The number of anilines is 1. The van der Waals surface area contributed by atoms with E-state index in [1.165, 1.54) is 6.08 Å². The van der Waals surface area contributed by atoms with Gasteiger partial charge in [0.15, 0.2) is 0 Å². The molecular weight excluding hydrogens is 288 g/mol. The lowest BCUT2D eigenvalue weighted by Crippen LogP contribution is -2.24. The van der Waals surface area contributed by atoms with Gasteiger partial charge in [0.25, 0.3) is 5.91 Å². The van der Waals surface area contributed by atoms with Gasteiger partial charge in [0, 0.05) is 17.8 Å². The second-order valence-corrected chi connectivity index (χ2v) is 5.34. The van der Waals surface area contributed by atoms with Crippen LogP contribution in [-0.4, -0.2) is 11.8 Å². The van der Waals surface area contributed by atoms with E-state index in [1.54, 1.807) is 12.1 Å². The lowest BCUT2D eigenvalue weighted by atomic mass is 10.0. The van der Waals surface area contributed by atoms with Gasteiger partial charge in [-0.3, -0.25) is 9.59 Å². The normalized spacial score (nSPS) is 10.0. The van der Waals surface area contributed by atoms with Gasteiger partial charge in [-0.2, -0.15) is 0 Å². The fourth-order valence-corrected chi connectivity index (χ4v) is 2.34. The summed E-state index contributed by atoms with van der Waals surface area (Å²) in [6.45, 7) is 7.70. The quantitative estimate of drug-likeness (QED) is 0.832. The lowest BCUT2D eigenvalue weighted by molar-refractivity contribution is -0.111. The number of carbonyl (C=O) groups is 2. The number of hydrogen-bond acceptors (Lipinski definition) is 2. The summed E-state index contributed by atoms with van der Waals surface area (Å²) >= 11 is 0. The molecule has 0 fully saturated rings. The van der Waals surface area contributed by atoms with Crippen molar-refractivity contribution >= 4 is 17.5 Å². The number of hydrogen-bond donors (Lipinski definition) is 2. The fraction of sp³-hybridized carbons (Fsp3) is 0.158. The minimum atomic E-state index is -0.249. The first-order chi connectivity index (χ1) is 11.0. The summed E-state index contributed by atoms with van der Waals surface area (Å²) in [5.74, 6) is -0.328. The zero-order chi connectivity index (χ0) is 16.8. The van der Waals surface area contributed by atoms with Crippen LogP contribution in [0.25, 0.3) is 0 Å². The molecule has 0 saturated heterocycles. The molecule has 0 bridgehead atoms. The van der Waals surface area contributed by atoms with Gasteiger partial charge in [-0.25, -0.2) is 0 Å². The molecule has 0 saturated carbocycles. The Balaban J connectivity index is 1.99. The first-order valence-corrected chi connectivity index (χ1v) is 7.38. The summed E-state index contributed by atoms with van der Waals surface area (Å²) in [4.78, 5) is 23.5. The maximum atomic E-state index is 12.3. The van der Waals surface area contributed by atoms with Crippen LogP contribution in [0.1, 0.15) is 27.0 Å². The minimum Gasteiger partial charge on any atom is -0.348 e. The smallest absolute Gasteiger partial charge is 0.252 e. The molecule has 2 aromatic rings. The molecule has 0 unspecified atom stereocenters. The van der Waals surface area contributed by atoms with E-state index in [1.807, 2.05) is 44.2 Å². The summed E-state index contributed by atoms with van der Waals surface area (Å²) in [5, 5.41) is 5.61. The standard InChI is InChI=1S/C19H20N2O2/c1-4-17(22)21-16-10-8-15(9-11-16)12-20-19(23)18-13(2)6-5-7-14(18)3/h4-11H,1,12H2,2-3H3,(H,20,23)(H,21,22). The molecule has 0 heterocycles. The van der Waals surface area contributed by atoms with E-state index in [-0.39, 0.29) is 11.8 Å². The van der Waals surface area contributed by atoms with Gasteiger partial charge in [-0.05, 0) is 48.7 Å². The zero-order valence-corrected chi connectivity index (χ0v) is 13.3. The molecule has 0 aromatic heterocycles. The molecule has 2 N–H and O–H groups in total. The van der Waals surface area contributed by atoms with Crippen molar-refractivity contribution in [3.05, 3.63) is 77.4 Å². The van der Waals surface area contributed by atoms with Gasteiger partial charge in [0.05, 0.1) is 0 Å². The molecule has 2 aromatic carbocycles. The Kier molecular flexibility index (Phi) is 5.31. The topological polar surface area (TPSA) is 58.2 Å². The highest BCUT2D eigenvalue weighted by molar-refractivity contribution is 5.99. The molecule has 0 aliphatic carbocycles. The Morgan fingerprint density at radius 1 is 1.04 bits per heavy atom. The minimum absolute atomic E-state index is 0.0790. The predicted octanol–water partition coefficient (Wildman–Crippen LogP) is 3.36. The maximum Gasteiger partial charge on any atom is 0.252 e. The van der Waals surface area contributed by atoms with Crippen molar-refractivity contribution in [3.8, 4) is 0 Å². The summed E-state index contributed by atoms with van der Waals surface area (Å²) in [5.41, 5.74) is 4.30. The van der Waals surface area contributed by atoms with Crippen LogP contribution < -0.4 is 10.6 Å². The van der Waals surface area contributed by atoms with E-state index in [9.17, 15) is 9.59 Å². The largest absolute Gasteiger partial charge is 0.348 e. The van der Waals surface area contributed by atoms with Crippen molar-refractivity contribution in [3.63, 3.8) is 0 Å². The molecule has 118 valence electrons. The van der Waals surface area contributed by atoms with Crippen molar-refractivity contribution in [2.75, 3.05) is 5.32 Å². The van der Waals surface area contributed by atoms with Gasteiger partial charge in [0.1, 0.15) is 0 Å². The molecule has 0 spiro atoms. The van der Waals surface area contributed by atoms with Crippen LogP contribution in [0.4, 0.5) is 5.69 Å². The molecule has 0 radical (unpaired) electrons. The highest BCUT2D eigenvalue weighted by Gasteiger charge is 2.11. The average molecular weight is 308 g/mol. The molecule has 2 amide bonds. The second kappa shape index (κ2) is 7.40. The van der Waals surface area contributed by atoms with Crippen LogP contribution in [-0.2, 0) is 11.3 Å². The third-order valence-corrected chi connectivity index (χ3v) is 3.57. The van der Waals surface area contributed by atoms with Gasteiger partial charge >= 0.3 is 0 Å². The van der Waals surface area contributed by atoms with E-state index in [2.05, 4.69) is 17.2 Å². The number of nitrogens with one attached hydrogen (secondary N) is 2. The zero-order valence-electron chi connectivity index (χ0n) is 13.3. The van der Waals surface area contributed by atoms with E-state index in [4.69, 9.17) is 0 Å². The maximum absolute atomic E-state index is 12.3. The predicted molar refractivity (Wildman–Crippen MR) is 92.4 cm³/mol. The summed E-state index contributed by atoms with van der Waals surface area (Å²) in [7, 11) is 0. The van der Waals surface area contributed by atoms with Gasteiger partial charge in [-0.1, -0.05) is 36.9 Å². The van der Waals surface area contributed by atoms with E-state index in [0.29, 0.717) is 12.2 Å². The summed E-state index contributed by atoms with van der Waals surface area (Å²) < 4.78 is 0. The first-order valence-electron chi connectivity index (χ1n) is 7.38. The number of carbonyl (C=O) groups excluding carboxylic acids is 2. The Bertz CT molecular complexity index is 713. The SMILES string of the molecule is C=CC(=O)Nc1ccc(CNC(=O)c2c(C)cccc2C)cc1. The number of benzene rings is 2. The Morgan fingerprint density at radius 2 is 1.65 bits per heavy atom. The van der Waals surface area contributed by atoms with Crippen molar-refractivity contribution in [1.29, 1.82) is 0 Å². The molecule has 4 nitrogen and oxygen atoms in total. The molecule has 2 rings (SSSR count). The molecule has 0 aliphatic rings. The monoisotopic (exact) mass is 308 g/mol. The van der Waals surface area contributed by atoms with Crippen molar-refractivity contribution in [1.82, 2.24) is 5.32 Å². The lowest BCUT2D eigenvalue weighted by Gasteiger charge is -2.11. The fourth-order valence-electron chi connectivity index (χ4n) is 2.34. The van der Waals surface area contributed by atoms with Crippen molar-refractivity contribution in [2.24, 2.45) is 0 Å². The van der Waals surface area contributed by atoms with E-state index >= 15 is 0 Å². The van der Waals surface area contributed by atoms with Gasteiger partial charge in [0.2, 0.25) is 5.91 Å². The van der Waals surface area contributed by atoms with Crippen LogP contribution in [0.2, 0.25) is 0 Å². The third-order valence-electron chi connectivity index (χ3n) is 3.57. The van der Waals surface area contributed by atoms with Gasteiger partial charge in [-0.15, -0.1) is 0 Å². The van der Waals surface area contributed by atoms with Crippen molar-refractivity contribution < 1.29 is 9.59 Å². The highest BCUT2D eigenvalue weighted by atomic mass is 16.2. The van der Waals surface area contributed by atoms with E-state index < -0.39 is 0 Å². The van der Waals surface area contributed by atoms with Crippen LogP contribution >= 0.6 is 0 Å². The number of amides is 2. The molecule has 23 heavy (non-hydrogen) atoms. The molecule has 0 atom stereocenters. The average Bonchev–Trinajstić information content (AvgIpc) is 2.54. The second-order valence-electron chi connectivity index (χ2n) is 5.34. The van der Waals surface area contributed by atoms with Crippen LogP contribution in [0.3, 0.4) is 0 Å². The highest BCUT2D eigenvalue weighted by Crippen LogP contribution is 2.14. The molecule has 4 heteroatoms.